The van der Waals surface area contributed by atoms with Crippen molar-refractivity contribution in [3.8, 4) is 0 Å². The molecule has 0 radical (unpaired) electrons. The first-order valence-electron chi connectivity index (χ1n) is 3.73. The fraction of sp³-hybridized carbons (Fsp3) is 0.429. The topological polar surface area (TPSA) is 76.0 Å². The second-order valence-electron chi connectivity index (χ2n) is 2.50. The van der Waals surface area contributed by atoms with Gasteiger partial charge in [-0.15, -0.1) is 0 Å². The second-order valence-corrected chi connectivity index (χ2v) is 4.57. The van der Waals surface area contributed by atoms with Crippen LogP contribution in [0.1, 0.15) is 6.42 Å². The lowest BCUT2D eigenvalue weighted by Gasteiger charge is -1.98. The van der Waals surface area contributed by atoms with Gasteiger partial charge in [-0.2, -0.15) is 0 Å². The van der Waals surface area contributed by atoms with E-state index in [1.165, 1.54) is 0 Å². The summed E-state index contributed by atoms with van der Waals surface area (Å²) in [6.07, 6.45) is 2.09. The number of aromatic nitrogens is 1. The van der Waals surface area contributed by atoms with Crippen LogP contribution in [0.2, 0.25) is 0 Å². The Morgan fingerprint density at radius 3 is 2.75 bits per heavy atom. The van der Waals surface area contributed by atoms with Crippen LogP contribution in [-0.2, 0) is 9.84 Å². The van der Waals surface area contributed by atoms with E-state index in [0.717, 1.165) is 0 Å². The van der Waals surface area contributed by atoms with E-state index < -0.39 is 9.84 Å². The van der Waals surface area contributed by atoms with Crippen LogP contribution in [0.5, 0.6) is 0 Å². The summed E-state index contributed by atoms with van der Waals surface area (Å²) >= 11 is 0. The molecule has 1 aromatic heterocycles. The van der Waals surface area contributed by atoms with Crippen molar-refractivity contribution in [2.24, 2.45) is 5.73 Å². The molecule has 0 aliphatic carbocycles. The number of H-pyrrole nitrogens is 1. The zero-order valence-corrected chi connectivity index (χ0v) is 7.47. The number of hydrogen-bond donors (Lipinski definition) is 2. The number of hydrogen-bond acceptors (Lipinski definition) is 3. The van der Waals surface area contributed by atoms with Gasteiger partial charge < -0.3 is 10.7 Å². The summed E-state index contributed by atoms with van der Waals surface area (Å²) < 4.78 is 22.7. The summed E-state index contributed by atoms with van der Waals surface area (Å²) in [5, 5.41) is 0.274. The summed E-state index contributed by atoms with van der Waals surface area (Å²) in [5.74, 6) is 0.115. The molecule has 1 heterocycles. The van der Waals surface area contributed by atoms with Crippen molar-refractivity contribution in [2.75, 3.05) is 12.3 Å². The number of rotatable bonds is 4. The predicted molar refractivity (Wildman–Crippen MR) is 46.5 cm³/mol. The van der Waals surface area contributed by atoms with E-state index in [0.29, 0.717) is 13.0 Å². The molecule has 1 aromatic rings. The third kappa shape index (κ3) is 2.09. The minimum atomic E-state index is -3.11. The molecular formula is C7H12N2O2S. The molecule has 0 aromatic carbocycles. The molecule has 0 saturated heterocycles. The van der Waals surface area contributed by atoms with Crippen molar-refractivity contribution in [3.05, 3.63) is 18.3 Å². The Morgan fingerprint density at radius 1 is 1.50 bits per heavy atom. The molecule has 0 unspecified atom stereocenters. The third-order valence-corrected chi connectivity index (χ3v) is 3.27. The van der Waals surface area contributed by atoms with Crippen molar-refractivity contribution < 1.29 is 8.42 Å². The van der Waals surface area contributed by atoms with Gasteiger partial charge in [0.2, 0.25) is 0 Å². The number of nitrogens with two attached hydrogens (primary N) is 1. The summed E-state index contributed by atoms with van der Waals surface area (Å²) in [7, 11) is -3.11. The van der Waals surface area contributed by atoms with Crippen LogP contribution in [0.15, 0.2) is 23.4 Å². The highest BCUT2D eigenvalue weighted by atomic mass is 32.2. The van der Waals surface area contributed by atoms with Crippen molar-refractivity contribution >= 4 is 9.84 Å². The fourth-order valence-electron chi connectivity index (χ4n) is 0.891. The molecule has 0 atom stereocenters. The maximum Gasteiger partial charge on any atom is 0.193 e. The molecule has 12 heavy (non-hydrogen) atoms. The van der Waals surface area contributed by atoms with Gasteiger partial charge in [-0.3, -0.25) is 0 Å². The molecule has 3 N–H and O–H groups in total. The Balaban J connectivity index is 2.74. The van der Waals surface area contributed by atoms with E-state index in [4.69, 9.17) is 5.73 Å². The molecule has 0 bridgehead atoms. The largest absolute Gasteiger partial charge is 0.352 e. The smallest absolute Gasteiger partial charge is 0.193 e. The highest BCUT2D eigenvalue weighted by molar-refractivity contribution is 7.91. The Labute approximate surface area is 71.7 Å². The lowest BCUT2D eigenvalue weighted by molar-refractivity contribution is 0.590. The van der Waals surface area contributed by atoms with Crippen molar-refractivity contribution in [3.63, 3.8) is 0 Å². The fourth-order valence-corrected chi connectivity index (χ4v) is 2.19. The standard InChI is InChI=1S/C7H12N2O2S/c8-4-2-6-12(10,11)7-3-1-5-9-7/h1,3,5,9H,2,4,6,8H2. The Kier molecular flexibility index (Phi) is 2.88. The first-order chi connectivity index (χ1) is 5.67. The number of nitrogens with one attached hydrogen (secondary N) is 1. The first-order valence-corrected chi connectivity index (χ1v) is 5.38. The number of sulfone groups is 1. The van der Waals surface area contributed by atoms with E-state index >= 15 is 0 Å². The van der Waals surface area contributed by atoms with Crippen LogP contribution in [0.4, 0.5) is 0 Å². The van der Waals surface area contributed by atoms with Gasteiger partial charge in [0, 0.05) is 6.20 Å². The molecule has 0 amide bonds. The maximum atomic E-state index is 11.4. The normalized spacial score (nSPS) is 11.8. The lowest BCUT2D eigenvalue weighted by Crippen LogP contribution is -2.11. The Morgan fingerprint density at radius 2 is 2.25 bits per heavy atom. The van der Waals surface area contributed by atoms with Gasteiger partial charge in [0.15, 0.2) is 9.84 Å². The first kappa shape index (κ1) is 9.28. The lowest BCUT2D eigenvalue weighted by atomic mass is 10.5. The second kappa shape index (κ2) is 3.73. The molecule has 1 rings (SSSR count). The van der Waals surface area contributed by atoms with Crippen molar-refractivity contribution in [2.45, 2.75) is 11.4 Å². The van der Waals surface area contributed by atoms with Crippen LogP contribution in [0, 0.1) is 0 Å². The van der Waals surface area contributed by atoms with Crippen LogP contribution in [-0.4, -0.2) is 25.7 Å². The van der Waals surface area contributed by atoms with E-state index in [9.17, 15) is 8.42 Å². The van der Waals surface area contributed by atoms with Crippen molar-refractivity contribution in [1.29, 1.82) is 0 Å². The Hall–Kier alpha value is -0.810. The molecule has 0 fully saturated rings. The molecule has 0 saturated carbocycles. The van der Waals surface area contributed by atoms with E-state index in [1.807, 2.05) is 0 Å². The third-order valence-electron chi connectivity index (χ3n) is 1.52. The highest BCUT2D eigenvalue weighted by Gasteiger charge is 2.13. The number of aromatic amines is 1. The van der Waals surface area contributed by atoms with E-state index in [2.05, 4.69) is 4.98 Å². The van der Waals surface area contributed by atoms with Gasteiger partial charge in [-0.1, -0.05) is 0 Å². The molecule has 68 valence electrons. The average molecular weight is 188 g/mol. The summed E-state index contributed by atoms with van der Waals surface area (Å²) in [6, 6.07) is 3.21. The van der Waals surface area contributed by atoms with Gasteiger partial charge in [0.05, 0.1) is 5.75 Å². The van der Waals surface area contributed by atoms with Gasteiger partial charge >= 0.3 is 0 Å². The monoisotopic (exact) mass is 188 g/mol. The van der Waals surface area contributed by atoms with Gasteiger partial charge in [0.1, 0.15) is 5.03 Å². The van der Waals surface area contributed by atoms with Crippen LogP contribution < -0.4 is 5.73 Å². The summed E-state index contributed by atoms with van der Waals surface area (Å²) in [4.78, 5) is 2.66. The average Bonchev–Trinajstić information content (AvgIpc) is 2.53. The van der Waals surface area contributed by atoms with Crippen LogP contribution >= 0.6 is 0 Å². The quantitative estimate of drug-likeness (QED) is 0.705. The van der Waals surface area contributed by atoms with Crippen molar-refractivity contribution in [1.82, 2.24) is 4.98 Å². The van der Waals surface area contributed by atoms with Crippen LogP contribution in [0.3, 0.4) is 0 Å². The molecule has 0 aliphatic rings. The van der Waals surface area contributed by atoms with Gasteiger partial charge in [0.25, 0.3) is 0 Å². The zero-order chi connectivity index (χ0) is 9.03. The maximum absolute atomic E-state index is 11.4. The van der Waals surface area contributed by atoms with Gasteiger partial charge in [-0.25, -0.2) is 8.42 Å². The predicted octanol–water partition coefficient (Wildman–Crippen LogP) is 0.137. The zero-order valence-electron chi connectivity index (χ0n) is 6.66. The van der Waals surface area contributed by atoms with E-state index in [-0.39, 0.29) is 10.8 Å². The molecular weight excluding hydrogens is 176 g/mol. The van der Waals surface area contributed by atoms with E-state index in [1.54, 1.807) is 18.3 Å². The SMILES string of the molecule is NCCCS(=O)(=O)c1ccc[nH]1. The molecule has 5 heteroatoms. The molecule has 4 nitrogen and oxygen atoms in total. The molecule has 0 spiro atoms. The van der Waals surface area contributed by atoms with Crippen LogP contribution in [0.25, 0.3) is 0 Å². The molecule has 0 aliphatic heterocycles. The summed E-state index contributed by atoms with van der Waals surface area (Å²) in [6.45, 7) is 0.403. The van der Waals surface area contributed by atoms with Gasteiger partial charge in [-0.05, 0) is 25.1 Å². The minimum absolute atomic E-state index is 0.115. The highest BCUT2D eigenvalue weighted by Crippen LogP contribution is 2.07. The Bertz CT molecular complexity index is 315. The minimum Gasteiger partial charge on any atom is -0.352 e. The summed E-state index contributed by atoms with van der Waals surface area (Å²) in [5.41, 5.74) is 5.21.